The minimum Gasteiger partial charge on any atom is -0.317 e. The van der Waals surface area contributed by atoms with Crippen LogP contribution in [0, 0.1) is 0 Å². The van der Waals surface area contributed by atoms with Gasteiger partial charge in [-0.15, -0.1) is 0 Å². The van der Waals surface area contributed by atoms with Crippen LogP contribution in [0.4, 0.5) is 11.4 Å². The maximum absolute atomic E-state index is 13.5. The van der Waals surface area contributed by atoms with Gasteiger partial charge in [0.2, 0.25) is 5.16 Å². The second kappa shape index (κ2) is 8.37. The van der Waals surface area contributed by atoms with Crippen molar-refractivity contribution in [3.8, 4) is 11.3 Å². The SMILES string of the molecule is CCCCCCSc1n[n+]2c(c(=O)[nH]1)-c1ccccc1N[C@]21C(=O)Nc2ccc(Br)cc21. The largest absolute Gasteiger partial charge is 0.374 e. The van der Waals surface area contributed by atoms with Gasteiger partial charge in [0.05, 0.1) is 22.5 Å². The van der Waals surface area contributed by atoms with Crippen LogP contribution in [-0.4, -0.2) is 21.7 Å². The lowest BCUT2D eigenvalue weighted by Gasteiger charge is -2.28. The molecule has 7 nitrogen and oxygen atoms in total. The van der Waals surface area contributed by atoms with Gasteiger partial charge in [0.1, 0.15) is 0 Å². The van der Waals surface area contributed by atoms with Gasteiger partial charge in [-0.3, -0.25) is 14.6 Å². The van der Waals surface area contributed by atoms with E-state index in [2.05, 4.69) is 38.5 Å². The summed E-state index contributed by atoms with van der Waals surface area (Å²) in [4.78, 5) is 29.7. The molecule has 2 aromatic carbocycles. The van der Waals surface area contributed by atoms with E-state index < -0.39 is 5.66 Å². The number of halogens is 1. The highest BCUT2D eigenvalue weighted by Crippen LogP contribution is 2.42. The van der Waals surface area contributed by atoms with Gasteiger partial charge in [0.15, 0.2) is 0 Å². The number of nitrogens with one attached hydrogen (secondary N) is 3. The Morgan fingerprint density at radius 3 is 2.78 bits per heavy atom. The van der Waals surface area contributed by atoms with Gasteiger partial charge < -0.3 is 10.6 Å². The van der Waals surface area contributed by atoms with Crippen LogP contribution >= 0.6 is 27.7 Å². The molecule has 0 aliphatic carbocycles. The van der Waals surface area contributed by atoms with Gasteiger partial charge in [-0.1, -0.05) is 66.0 Å². The lowest BCUT2D eigenvalue weighted by Crippen LogP contribution is -2.71. The molecule has 0 saturated heterocycles. The van der Waals surface area contributed by atoms with E-state index in [9.17, 15) is 9.59 Å². The van der Waals surface area contributed by atoms with Crippen molar-refractivity contribution < 1.29 is 9.48 Å². The molecule has 32 heavy (non-hydrogen) atoms. The standard InChI is InChI=1S/C23H22BrN5O2S/c1-2-3-4-7-12-32-22-26-20(30)19-15-8-5-6-9-17(15)27-23(29(19)28-22)16-13-14(24)10-11-18(16)25-21(23)31/h5-6,8-11,13H,2-4,7,12H2,1H3,(H2,25,26,28,30,31)/p+1/t23-/m0/s1. The monoisotopic (exact) mass is 512 g/mol. The Hall–Kier alpha value is -2.65. The van der Waals surface area contributed by atoms with Crippen molar-refractivity contribution in [3.63, 3.8) is 0 Å². The maximum Gasteiger partial charge on any atom is 0.374 e. The van der Waals surface area contributed by atoms with Crippen LogP contribution in [0.25, 0.3) is 11.3 Å². The fourth-order valence-electron chi connectivity index (χ4n) is 4.30. The molecule has 0 radical (unpaired) electrons. The van der Waals surface area contributed by atoms with E-state index in [0.717, 1.165) is 28.6 Å². The third kappa shape index (κ3) is 3.34. The van der Waals surface area contributed by atoms with E-state index in [1.54, 1.807) is 4.68 Å². The summed E-state index contributed by atoms with van der Waals surface area (Å²) in [6, 6.07) is 13.1. The molecule has 0 saturated carbocycles. The van der Waals surface area contributed by atoms with Crippen molar-refractivity contribution >= 4 is 45.0 Å². The zero-order chi connectivity index (χ0) is 22.3. The number of rotatable bonds is 6. The van der Waals surface area contributed by atoms with Gasteiger partial charge in [0, 0.05) is 15.3 Å². The molecule has 2 aliphatic heterocycles. The molecule has 1 spiro atoms. The molecule has 2 aliphatic rings. The fourth-order valence-corrected chi connectivity index (χ4v) is 5.51. The number of hydrogen-bond acceptors (Lipinski definition) is 5. The first kappa shape index (κ1) is 21.2. The van der Waals surface area contributed by atoms with Crippen LogP contribution < -0.4 is 20.9 Å². The summed E-state index contributed by atoms with van der Waals surface area (Å²) in [6.07, 6.45) is 4.56. The lowest BCUT2D eigenvalue weighted by atomic mass is 9.95. The molecule has 3 aromatic rings. The van der Waals surface area contributed by atoms with Crippen molar-refractivity contribution in [1.29, 1.82) is 0 Å². The summed E-state index contributed by atoms with van der Waals surface area (Å²) >= 11 is 5.03. The molecule has 3 heterocycles. The lowest BCUT2D eigenvalue weighted by molar-refractivity contribution is -0.781. The van der Waals surface area contributed by atoms with Crippen LogP contribution in [0.2, 0.25) is 0 Å². The quantitative estimate of drug-likeness (QED) is 0.261. The summed E-state index contributed by atoms with van der Waals surface area (Å²) in [7, 11) is 0. The number of fused-ring (bicyclic) bond motifs is 6. The molecular weight excluding hydrogens is 490 g/mol. The molecule has 5 rings (SSSR count). The molecular formula is C23H23BrN5O2S+. The third-order valence-electron chi connectivity index (χ3n) is 5.84. The first-order valence-corrected chi connectivity index (χ1v) is 12.5. The number of unbranched alkanes of at least 4 members (excludes halogenated alkanes) is 3. The summed E-state index contributed by atoms with van der Waals surface area (Å²) in [5.74, 6) is 0.580. The summed E-state index contributed by atoms with van der Waals surface area (Å²) in [5, 5.41) is 11.7. The molecule has 9 heteroatoms. The van der Waals surface area contributed by atoms with Gasteiger partial charge in [-0.2, -0.15) is 0 Å². The Morgan fingerprint density at radius 1 is 1.09 bits per heavy atom. The average Bonchev–Trinajstić information content (AvgIpc) is 3.05. The van der Waals surface area contributed by atoms with Crippen LogP contribution in [0.3, 0.4) is 0 Å². The second-order valence-corrected chi connectivity index (χ2v) is 9.95. The number of nitrogens with zero attached hydrogens (tertiary/aromatic N) is 2. The first-order chi connectivity index (χ1) is 15.5. The van der Waals surface area contributed by atoms with Crippen molar-refractivity contribution in [2.24, 2.45) is 0 Å². The molecule has 1 aromatic heterocycles. The van der Waals surface area contributed by atoms with E-state index in [4.69, 9.17) is 5.10 Å². The Bertz CT molecular complexity index is 1280. The van der Waals surface area contributed by atoms with Gasteiger partial charge in [-0.05, 0) is 41.4 Å². The number of hydrogen-bond donors (Lipinski definition) is 3. The number of anilines is 2. The van der Waals surface area contributed by atoms with Crippen LogP contribution in [0.5, 0.6) is 0 Å². The Labute approximate surface area is 198 Å². The van der Waals surface area contributed by atoms with Gasteiger partial charge >= 0.3 is 22.8 Å². The number of H-pyrrole nitrogens is 1. The van der Waals surface area contributed by atoms with Crippen molar-refractivity contribution in [2.75, 3.05) is 16.4 Å². The number of carbonyl (C=O) groups excluding carboxylic acids is 1. The molecule has 164 valence electrons. The second-order valence-electron chi connectivity index (χ2n) is 7.95. The number of aromatic amines is 1. The normalized spacial score (nSPS) is 18.0. The Morgan fingerprint density at radius 2 is 1.94 bits per heavy atom. The first-order valence-electron chi connectivity index (χ1n) is 10.7. The van der Waals surface area contributed by atoms with E-state index in [-0.39, 0.29) is 11.5 Å². The molecule has 0 unspecified atom stereocenters. The number of carbonyl (C=O) groups is 1. The van der Waals surface area contributed by atoms with Crippen molar-refractivity contribution in [3.05, 3.63) is 62.9 Å². The van der Waals surface area contributed by atoms with E-state index >= 15 is 0 Å². The fraction of sp³-hybridized carbons (Fsp3) is 0.304. The molecule has 1 atom stereocenters. The molecule has 0 fully saturated rings. The smallest absolute Gasteiger partial charge is 0.317 e. The number of benzene rings is 2. The number of para-hydroxylation sites is 1. The summed E-state index contributed by atoms with van der Waals surface area (Å²) < 4.78 is 2.40. The van der Waals surface area contributed by atoms with E-state index in [1.165, 1.54) is 24.6 Å². The highest BCUT2D eigenvalue weighted by Gasteiger charge is 2.62. The van der Waals surface area contributed by atoms with Crippen molar-refractivity contribution in [2.45, 2.75) is 43.4 Å². The molecule has 1 amide bonds. The van der Waals surface area contributed by atoms with Gasteiger partial charge in [-0.25, -0.2) is 0 Å². The zero-order valence-corrected chi connectivity index (χ0v) is 20.0. The highest BCUT2D eigenvalue weighted by atomic mass is 79.9. The minimum atomic E-state index is -1.35. The van der Waals surface area contributed by atoms with E-state index in [0.29, 0.717) is 27.8 Å². The number of amides is 1. The number of thioether (sulfide) groups is 1. The molecule has 0 bridgehead atoms. The van der Waals surface area contributed by atoms with E-state index in [1.807, 2.05) is 42.5 Å². The molecule has 3 N–H and O–H groups in total. The average molecular weight is 513 g/mol. The topological polar surface area (TPSA) is 90.8 Å². The zero-order valence-electron chi connectivity index (χ0n) is 17.6. The predicted octanol–water partition coefficient (Wildman–Crippen LogP) is 4.24. The van der Waals surface area contributed by atoms with Crippen LogP contribution in [0.1, 0.15) is 38.2 Å². The third-order valence-corrected chi connectivity index (χ3v) is 7.28. The van der Waals surface area contributed by atoms with Gasteiger partial charge in [0.25, 0.3) is 0 Å². The van der Waals surface area contributed by atoms with Crippen LogP contribution in [0.15, 0.2) is 56.9 Å². The minimum absolute atomic E-state index is 0.263. The highest BCUT2D eigenvalue weighted by molar-refractivity contribution is 9.10. The van der Waals surface area contributed by atoms with Crippen molar-refractivity contribution in [1.82, 2.24) is 10.1 Å². The maximum atomic E-state index is 13.5. The Kier molecular flexibility index (Phi) is 5.54. The number of aromatic nitrogens is 3. The Balaban J connectivity index is 1.68. The summed E-state index contributed by atoms with van der Waals surface area (Å²) in [5.41, 5.74) is 1.58. The van der Waals surface area contributed by atoms with Crippen LogP contribution in [-0.2, 0) is 10.5 Å². The predicted molar refractivity (Wildman–Crippen MR) is 129 cm³/mol. The summed E-state index contributed by atoms with van der Waals surface area (Å²) in [6.45, 7) is 2.18.